The van der Waals surface area contributed by atoms with Crippen molar-refractivity contribution >= 4 is 5.91 Å². The van der Waals surface area contributed by atoms with Crippen molar-refractivity contribution in [2.24, 2.45) is 0 Å². The predicted octanol–water partition coefficient (Wildman–Crippen LogP) is 3.40. The van der Waals surface area contributed by atoms with E-state index in [1.54, 1.807) is 0 Å². The van der Waals surface area contributed by atoms with Crippen molar-refractivity contribution in [1.29, 1.82) is 0 Å². The lowest BCUT2D eigenvalue weighted by atomic mass is 10.1. The molecule has 0 spiro atoms. The second-order valence-electron chi connectivity index (χ2n) is 4.93. The Kier molecular flexibility index (Phi) is 4.18. The molecule has 17 heavy (non-hydrogen) atoms. The van der Waals surface area contributed by atoms with Gasteiger partial charge >= 0.3 is 0 Å². The van der Waals surface area contributed by atoms with Crippen molar-refractivity contribution in [2.75, 3.05) is 13.1 Å². The van der Waals surface area contributed by atoms with Crippen molar-refractivity contribution in [3.05, 3.63) is 35.4 Å². The molecule has 1 aliphatic rings. The number of hydrogen-bond acceptors (Lipinski definition) is 1. The highest BCUT2D eigenvalue weighted by atomic mass is 16.2. The van der Waals surface area contributed by atoms with Crippen LogP contribution in [0, 0.1) is 6.92 Å². The molecular formula is C15H21NO. The number of likely N-dealkylation sites (tertiary alicyclic amines) is 1. The maximum absolute atomic E-state index is 12.3. The Hall–Kier alpha value is -1.31. The van der Waals surface area contributed by atoms with E-state index in [2.05, 4.69) is 0 Å². The molecule has 0 aromatic heterocycles. The zero-order valence-electron chi connectivity index (χ0n) is 10.6. The van der Waals surface area contributed by atoms with E-state index in [0.717, 1.165) is 31.5 Å². The Morgan fingerprint density at radius 1 is 0.941 bits per heavy atom. The van der Waals surface area contributed by atoms with E-state index in [9.17, 15) is 4.79 Å². The molecule has 1 aromatic rings. The van der Waals surface area contributed by atoms with Crippen molar-refractivity contribution in [2.45, 2.75) is 39.0 Å². The van der Waals surface area contributed by atoms with Crippen LogP contribution >= 0.6 is 0 Å². The van der Waals surface area contributed by atoms with Crippen molar-refractivity contribution in [3.63, 3.8) is 0 Å². The number of hydrogen-bond donors (Lipinski definition) is 0. The molecule has 0 bridgehead atoms. The van der Waals surface area contributed by atoms with Crippen LogP contribution in [-0.4, -0.2) is 23.9 Å². The summed E-state index contributed by atoms with van der Waals surface area (Å²) in [6.45, 7) is 3.89. The zero-order chi connectivity index (χ0) is 12.1. The lowest BCUT2D eigenvalue weighted by molar-refractivity contribution is 0.0742. The molecule has 1 aliphatic heterocycles. The molecule has 1 fully saturated rings. The first-order chi connectivity index (χ1) is 8.27. The van der Waals surface area contributed by atoms with Gasteiger partial charge in [-0.15, -0.1) is 0 Å². The minimum Gasteiger partial charge on any atom is -0.339 e. The molecule has 0 aliphatic carbocycles. The number of aryl methyl sites for hydroxylation is 1. The molecule has 92 valence electrons. The minimum absolute atomic E-state index is 0.201. The van der Waals surface area contributed by atoms with Crippen LogP contribution in [0.1, 0.15) is 48.0 Å². The third-order valence-corrected chi connectivity index (χ3v) is 3.44. The summed E-state index contributed by atoms with van der Waals surface area (Å²) in [6, 6.07) is 7.90. The number of carbonyl (C=O) groups excluding carboxylic acids is 1. The average molecular weight is 231 g/mol. The normalized spacial score (nSPS) is 17.4. The second kappa shape index (κ2) is 5.85. The summed E-state index contributed by atoms with van der Waals surface area (Å²) in [4.78, 5) is 14.3. The van der Waals surface area contributed by atoms with Gasteiger partial charge in [-0.25, -0.2) is 0 Å². The van der Waals surface area contributed by atoms with Crippen molar-refractivity contribution in [3.8, 4) is 0 Å². The maximum Gasteiger partial charge on any atom is 0.253 e. The molecular weight excluding hydrogens is 210 g/mol. The summed E-state index contributed by atoms with van der Waals surface area (Å²) in [5, 5.41) is 0. The Balaban J connectivity index is 2.04. The Morgan fingerprint density at radius 2 is 1.47 bits per heavy atom. The monoisotopic (exact) mass is 231 g/mol. The van der Waals surface area contributed by atoms with Gasteiger partial charge in [0.2, 0.25) is 0 Å². The quantitative estimate of drug-likeness (QED) is 0.725. The molecule has 2 rings (SSSR count). The molecule has 2 nitrogen and oxygen atoms in total. The van der Waals surface area contributed by atoms with Crippen LogP contribution in [0.5, 0.6) is 0 Å². The van der Waals surface area contributed by atoms with Crippen LogP contribution in [0.2, 0.25) is 0 Å². The first-order valence-corrected chi connectivity index (χ1v) is 6.63. The van der Waals surface area contributed by atoms with E-state index in [1.807, 2.05) is 36.1 Å². The first kappa shape index (κ1) is 12.2. The van der Waals surface area contributed by atoms with E-state index >= 15 is 0 Å². The molecule has 1 aromatic carbocycles. The highest BCUT2D eigenvalue weighted by Crippen LogP contribution is 2.14. The van der Waals surface area contributed by atoms with Gasteiger partial charge in [0.05, 0.1) is 0 Å². The SMILES string of the molecule is Cc1ccc(C(=O)N2CCCCCCC2)cc1. The fraction of sp³-hybridized carbons (Fsp3) is 0.533. The smallest absolute Gasteiger partial charge is 0.253 e. The summed E-state index contributed by atoms with van der Waals surface area (Å²) in [6.07, 6.45) is 6.15. The summed E-state index contributed by atoms with van der Waals surface area (Å²) < 4.78 is 0. The van der Waals surface area contributed by atoms with Gasteiger partial charge in [0.1, 0.15) is 0 Å². The molecule has 2 heteroatoms. The Bertz CT molecular complexity index is 361. The minimum atomic E-state index is 0.201. The van der Waals surface area contributed by atoms with Crippen LogP contribution in [0.15, 0.2) is 24.3 Å². The topological polar surface area (TPSA) is 20.3 Å². The Morgan fingerprint density at radius 3 is 2.06 bits per heavy atom. The predicted molar refractivity (Wildman–Crippen MR) is 70.2 cm³/mol. The van der Waals surface area contributed by atoms with Crippen LogP contribution in [-0.2, 0) is 0 Å². The lowest BCUT2D eigenvalue weighted by Gasteiger charge is -2.24. The summed E-state index contributed by atoms with van der Waals surface area (Å²) in [5.41, 5.74) is 2.03. The van der Waals surface area contributed by atoms with Gasteiger partial charge < -0.3 is 4.90 Å². The van der Waals surface area contributed by atoms with Gasteiger partial charge in [-0.3, -0.25) is 4.79 Å². The van der Waals surface area contributed by atoms with E-state index in [4.69, 9.17) is 0 Å². The number of rotatable bonds is 1. The highest BCUT2D eigenvalue weighted by molar-refractivity contribution is 5.94. The summed E-state index contributed by atoms with van der Waals surface area (Å²) in [5.74, 6) is 0.201. The lowest BCUT2D eigenvalue weighted by Crippen LogP contribution is -2.33. The van der Waals surface area contributed by atoms with Gasteiger partial charge in [0, 0.05) is 18.7 Å². The molecule has 1 amide bonds. The third kappa shape index (κ3) is 3.32. The van der Waals surface area contributed by atoms with Gasteiger partial charge in [0.25, 0.3) is 5.91 Å². The van der Waals surface area contributed by atoms with Crippen LogP contribution in [0.25, 0.3) is 0 Å². The maximum atomic E-state index is 12.3. The molecule has 0 N–H and O–H groups in total. The highest BCUT2D eigenvalue weighted by Gasteiger charge is 2.16. The van der Waals surface area contributed by atoms with Gasteiger partial charge in [-0.05, 0) is 31.9 Å². The van der Waals surface area contributed by atoms with Crippen LogP contribution in [0.3, 0.4) is 0 Å². The van der Waals surface area contributed by atoms with Gasteiger partial charge in [-0.2, -0.15) is 0 Å². The van der Waals surface area contributed by atoms with Crippen LogP contribution < -0.4 is 0 Å². The summed E-state index contributed by atoms with van der Waals surface area (Å²) in [7, 11) is 0. The molecule has 1 heterocycles. The molecule has 0 atom stereocenters. The van der Waals surface area contributed by atoms with E-state index in [0.29, 0.717) is 0 Å². The fourth-order valence-corrected chi connectivity index (χ4v) is 2.33. The first-order valence-electron chi connectivity index (χ1n) is 6.63. The van der Waals surface area contributed by atoms with Crippen molar-refractivity contribution < 1.29 is 4.79 Å². The van der Waals surface area contributed by atoms with Gasteiger partial charge in [0.15, 0.2) is 0 Å². The zero-order valence-corrected chi connectivity index (χ0v) is 10.6. The molecule has 1 saturated heterocycles. The van der Waals surface area contributed by atoms with Crippen LogP contribution in [0.4, 0.5) is 0 Å². The number of benzene rings is 1. The largest absolute Gasteiger partial charge is 0.339 e. The fourth-order valence-electron chi connectivity index (χ4n) is 2.33. The van der Waals surface area contributed by atoms with Gasteiger partial charge in [-0.1, -0.05) is 37.0 Å². The van der Waals surface area contributed by atoms with E-state index in [-0.39, 0.29) is 5.91 Å². The van der Waals surface area contributed by atoms with E-state index in [1.165, 1.54) is 24.8 Å². The number of carbonyl (C=O) groups is 1. The number of amides is 1. The third-order valence-electron chi connectivity index (χ3n) is 3.44. The second-order valence-corrected chi connectivity index (χ2v) is 4.93. The molecule has 0 unspecified atom stereocenters. The molecule has 0 radical (unpaired) electrons. The van der Waals surface area contributed by atoms with Crippen molar-refractivity contribution in [1.82, 2.24) is 4.90 Å². The molecule has 0 saturated carbocycles. The Labute approximate surface area is 104 Å². The average Bonchev–Trinajstić information content (AvgIpc) is 2.29. The summed E-state index contributed by atoms with van der Waals surface area (Å²) >= 11 is 0. The van der Waals surface area contributed by atoms with E-state index < -0.39 is 0 Å². The number of nitrogens with zero attached hydrogens (tertiary/aromatic N) is 1. The standard InChI is InChI=1S/C15H21NO/c1-13-7-9-14(10-8-13)15(17)16-11-5-3-2-4-6-12-16/h7-10H,2-6,11-12H2,1H3.